The Balaban J connectivity index is 3.89. The zero-order valence-electron chi connectivity index (χ0n) is 5.57. The molecule has 44 valence electrons. The molecule has 0 rings (SSSR count). The quantitative estimate of drug-likeness (QED) is 0.453. The molecule has 0 aliphatic carbocycles. The van der Waals surface area contributed by atoms with Crippen molar-refractivity contribution in [3.63, 3.8) is 0 Å². The highest BCUT2D eigenvalue weighted by atomic mass is 13.8. The van der Waals surface area contributed by atoms with Crippen LogP contribution in [0.1, 0.15) is 13.8 Å². The fraction of sp³-hybridized carbons (Fsp3) is 0.250. The van der Waals surface area contributed by atoms with E-state index in [-0.39, 0.29) is 0 Å². The minimum atomic E-state index is 1.07. The standard InChI is InChI=1S/C8H12/c1-5-8(4)6-7(2)3/h5-6H,1-2H2,3-4H3/b7-6-,8-5+. The molecule has 0 amide bonds. The van der Waals surface area contributed by atoms with Crippen molar-refractivity contribution in [1.29, 1.82) is 0 Å². The molecule has 0 aromatic rings. The van der Waals surface area contributed by atoms with Crippen molar-refractivity contribution >= 4 is 0 Å². The van der Waals surface area contributed by atoms with E-state index in [4.69, 9.17) is 0 Å². The van der Waals surface area contributed by atoms with Crippen LogP contribution in [0, 0.1) is 13.8 Å². The molecule has 8 heavy (non-hydrogen) atoms. The monoisotopic (exact) mass is 108 g/mol. The van der Waals surface area contributed by atoms with Crippen LogP contribution >= 0.6 is 0 Å². The lowest BCUT2D eigenvalue weighted by atomic mass is 10.2. The van der Waals surface area contributed by atoms with Gasteiger partial charge in [0.15, 0.2) is 0 Å². The van der Waals surface area contributed by atoms with Gasteiger partial charge in [0.05, 0.1) is 0 Å². The third-order valence-corrected chi connectivity index (χ3v) is 0.796. The molecular formula is C8H12. The molecule has 0 nitrogen and oxygen atoms in total. The van der Waals surface area contributed by atoms with Gasteiger partial charge in [0.1, 0.15) is 0 Å². The van der Waals surface area contributed by atoms with Gasteiger partial charge in [-0.25, -0.2) is 0 Å². The van der Waals surface area contributed by atoms with E-state index in [1.54, 1.807) is 0 Å². The van der Waals surface area contributed by atoms with Crippen molar-refractivity contribution in [2.75, 3.05) is 0 Å². The zero-order chi connectivity index (χ0) is 6.57. The van der Waals surface area contributed by atoms with Crippen LogP contribution in [0.2, 0.25) is 0 Å². The van der Waals surface area contributed by atoms with E-state index in [1.807, 2.05) is 26.0 Å². The summed E-state index contributed by atoms with van der Waals surface area (Å²) in [5.41, 5.74) is 2.24. The topological polar surface area (TPSA) is 0 Å². The van der Waals surface area contributed by atoms with Gasteiger partial charge in [-0.3, -0.25) is 0 Å². The van der Waals surface area contributed by atoms with Gasteiger partial charge in [0, 0.05) is 0 Å². The molecular weight excluding hydrogens is 96.1 g/mol. The second-order valence-electron chi connectivity index (χ2n) is 1.94. The molecule has 0 N–H and O–H groups in total. The van der Waals surface area contributed by atoms with Crippen LogP contribution < -0.4 is 0 Å². The summed E-state index contributed by atoms with van der Waals surface area (Å²) in [6.45, 7) is 11.3. The smallest absolute Gasteiger partial charge is 0.0282 e. The number of rotatable bonds is 1. The zero-order valence-corrected chi connectivity index (χ0v) is 5.57. The van der Waals surface area contributed by atoms with Crippen molar-refractivity contribution < 1.29 is 0 Å². The third kappa shape index (κ3) is 3.66. The van der Waals surface area contributed by atoms with E-state index in [2.05, 4.69) is 13.8 Å². The summed E-state index contributed by atoms with van der Waals surface area (Å²) in [6, 6.07) is 0. The lowest BCUT2D eigenvalue weighted by Crippen LogP contribution is -1.67. The first-order valence-electron chi connectivity index (χ1n) is 2.63. The van der Waals surface area contributed by atoms with Crippen LogP contribution in [0.4, 0.5) is 0 Å². The normalized spacial score (nSPS) is 14.5. The Morgan fingerprint density at radius 2 is 1.88 bits per heavy atom. The summed E-state index contributed by atoms with van der Waals surface area (Å²) in [4.78, 5) is 0. The van der Waals surface area contributed by atoms with Crippen LogP contribution in [0.15, 0.2) is 23.3 Å². The molecule has 2 radical (unpaired) electrons. The Hall–Kier alpha value is -0.520. The summed E-state index contributed by atoms with van der Waals surface area (Å²) in [5, 5.41) is 0. The van der Waals surface area contributed by atoms with Gasteiger partial charge in [-0.15, -0.1) is 0 Å². The molecule has 0 aliphatic heterocycles. The fourth-order valence-corrected chi connectivity index (χ4v) is 0.448. The molecule has 0 saturated heterocycles. The Labute approximate surface area is 51.9 Å². The maximum Gasteiger partial charge on any atom is -0.0282 e. The fourth-order valence-electron chi connectivity index (χ4n) is 0.448. The third-order valence-electron chi connectivity index (χ3n) is 0.796. The lowest BCUT2D eigenvalue weighted by Gasteiger charge is -1.88. The first-order chi connectivity index (χ1) is 3.66. The van der Waals surface area contributed by atoms with E-state index in [9.17, 15) is 0 Å². The molecule has 0 saturated carbocycles. The molecule has 0 aromatic heterocycles. The Morgan fingerprint density at radius 3 is 2.00 bits per heavy atom. The van der Waals surface area contributed by atoms with Gasteiger partial charge in [0.2, 0.25) is 0 Å². The average Bonchev–Trinajstić information content (AvgIpc) is 1.65. The molecule has 0 fully saturated rings. The van der Waals surface area contributed by atoms with Crippen LogP contribution in [-0.4, -0.2) is 0 Å². The first-order valence-corrected chi connectivity index (χ1v) is 2.63. The van der Waals surface area contributed by atoms with Gasteiger partial charge in [-0.05, 0) is 27.7 Å². The van der Waals surface area contributed by atoms with Gasteiger partial charge in [-0.2, -0.15) is 0 Å². The van der Waals surface area contributed by atoms with Crippen molar-refractivity contribution in [3.05, 3.63) is 37.1 Å². The number of hydrogen-bond donors (Lipinski definition) is 0. The van der Waals surface area contributed by atoms with Crippen LogP contribution in [-0.2, 0) is 0 Å². The molecule has 0 bridgehead atoms. The largest absolute Gasteiger partial charge is 0.0813 e. The minimum Gasteiger partial charge on any atom is -0.0813 e. The van der Waals surface area contributed by atoms with Crippen molar-refractivity contribution in [1.82, 2.24) is 0 Å². The van der Waals surface area contributed by atoms with Crippen molar-refractivity contribution in [2.45, 2.75) is 13.8 Å². The Kier molecular flexibility index (Phi) is 3.25. The van der Waals surface area contributed by atoms with Gasteiger partial charge in [-0.1, -0.05) is 23.3 Å². The average molecular weight is 108 g/mol. The SMILES string of the molecule is [CH2]/C=C(C)/C=C(/[CH2])C. The maximum absolute atomic E-state index is 3.72. The Bertz CT molecular complexity index is 112. The predicted octanol–water partition coefficient (Wildman–Crippen LogP) is 2.55. The molecule has 0 heteroatoms. The minimum absolute atomic E-state index is 1.07. The summed E-state index contributed by atoms with van der Waals surface area (Å²) < 4.78 is 0. The summed E-state index contributed by atoms with van der Waals surface area (Å²) >= 11 is 0. The van der Waals surface area contributed by atoms with E-state index < -0.39 is 0 Å². The second-order valence-corrected chi connectivity index (χ2v) is 1.94. The maximum atomic E-state index is 3.72. The van der Waals surface area contributed by atoms with E-state index in [0.717, 1.165) is 11.1 Å². The highest BCUT2D eigenvalue weighted by molar-refractivity contribution is 5.22. The second kappa shape index (κ2) is 3.48. The molecule has 0 spiro atoms. The summed E-state index contributed by atoms with van der Waals surface area (Å²) in [6.07, 6.45) is 3.81. The highest BCUT2D eigenvalue weighted by Crippen LogP contribution is 1.97. The van der Waals surface area contributed by atoms with Crippen molar-refractivity contribution in [2.24, 2.45) is 0 Å². The van der Waals surface area contributed by atoms with E-state index >= 15 is 0 Å². The molecule has 0 atom stereocenters. The molecule has 0 unspecified atom stereocenters. The summed E-state index contributed by atoms with van der Waals surface area (Å²) in [5.74, 6) is 0. The number of allylic oxidation sites excluding steroid dienone is 4. The first kappa shape index (κ1) is 7.48. The van der Waals surface area contributed by atoms with Crippen LogP contribution in [0.3, 0.4) is 0 Å². The van der Waals surface area contributed by atoms with Crippen molar-refractivity contribution in [3.8, 4) is 0 Å². The lowest BCUT2D eigenvalue weighted by molar-refractivity contribution is 1.44. The molecule has 0 aliphatic rings. The van der Waals surface area contributed by atoms with Gasteiger partial charge in [0.25, 0.3) is 0 Å². The van der Waals surface area contributed by atoms with E-state index in [0.29, 0.717) is 0 Å². The van der Waals surface area contributed by atoms with E-state index in [1.165, 1.54) is 0 Å². The Morgan fingerprint density at radius 1 is 1.38 bits per heavy atom. The van der Waals surface area contributed by atoms with Crippen LogP contribution in [0.25, 0.3) is 0 Å². The number of hydrogen-bond acceptors (Lipinski definition) is 0. The molecule has 0 aromatic carbocycles. The van der Waals surface area contributed by atoms with Gasteiger partial charge >= 0.3 is 0 Å². The summed E-state index contributed by atoms with van der Waals surface area (Å²) in [7, 11) is 0. The van der Waals surface area contributed by atoms with Gasteiger partial charge < -0.3 is 0 Å². The highest BCUT2D eigenvalue weighted by Gasteiger charge is 1.77. The predicted molar refractivity (Wildman–Crippen MR) is 38.2 cm³/mol. The molecule has 0 heterocycles. The van der Waals surface area contributed by atoms with Crippen LogP contribution in [0.5, 0.6) is 0 Å².